The molecule has 2 N–H and O–H groups in total. The van der Waals surface area contributed by atoms with Gasteiger partial charge in [-0.05, 0) is 58.2 Å². The summed E-state index contributed by atoms with van der Waals surface area (Å²) in [6.07, 6.45) is 0. The Balaban J connectivity index is 2.50. The molecular weight excluding hydrogens is 366 g/mol. The summed E-state index contributed by atoms with van der Waals surface area (Å²) in [6.45, 7) is 4.05. The lowest BCUT2D eigenvalue weighted by Crippen LogP contribution is -2.00. The predicted molar refractivity (Wildman–Crippen MR) is 104 cm³/mol. The van der Waals surface area contributed by atoms with Gasteiger partial charge in [0.05, 0.1) is 11.6 Å². The molecule has 0 fully saturated rings. The zero-order valence-corrected chi connectivity index (χ0v) is 15.8. The van der Waals surface area contributed by atoms with Crippen LogP contribution in [0.25, 0.3) is 21.9 Å². The van der Waals surface area contributed by atoms with Gasteiger partial charge in [-0.3, -0.25) is 0 Å². The number of methoxy groups -OCH3 is 1. The number of nitrogens with one attached hydrogen (secondary N) is 1. The highest BCUT2D eigenvalue weighted by molar-refractivity contribution is 9.10. The maximum atomic E-state index is 10.8. The standard InChI is InChI=1S/C20H20BrNO2/c1-11-9-16(22-3)17(12(2)20(11)24-4)18-14-8-6-5-7-13(14)10-15(21)19(18)23/h5-10,22-23H,1-4H3. The first-order valence-electron chi connectivity index (χ1n) is 7.76. The zero-order valence-electron chi connectivity index (χ0n) is 14.2. The molecule has 24 heavy (non-hydrogen) atoms. The molecular formula is C20H20BrNO2. The normalized spacial score (nSPS) is 10.9. The molecule has 0 aromatic heterocycles. The minimum absolute atomic E-state index is 0.235. The largest absolute Gasteiger partial charge is 0.506 e. The Morgan fingerprint density at radius 1 is 1.08 bits per heavy atom. The van der Waals surface area contributed by atoms with E-state index in [1.807, 2.05) is 51.2 Å². The van der Waals surface area contributed by atoms with Crippen molar-refractivity contribution in [2.24, 2.45) is 0 Å². The number of aromatic hydroxyl groups is 1. The number of fused-ring (bicyclic) bond motifs is 1. The summed E-state index contributed by atoms with van der Waals surface area (Å²) in [5.74, 6) is 1.08. The van der Waals surface area contributed by atoms with Gasteiger partial charge in [0.2, 0.25) is 0 Å². The van der Waals surface area contributed by atoms with Crippen LogP contribution in [-0.4, -0.2) is 19.3 Å². The molecule has 0 aliphatic rings. The van der Waals surface area contributed by atoms with Crippen LogP contribution in [-0.2, 0) is 0 Å². The van der Waals surface area contributed by atoms with Gasteiger partial charge in [0.15, 0.2) is 0 Å². The highest BCUT2D eigenvalue weighted by atomic mass is 79.9. The summed E-state index contributed by atoms with van der Waals surface area (Å²) in [5, 5.41) is 16.1. The van der Waals surface area contributed by atoms with Gasteiger partial charge in [-0.2, -0.15) is 0 Å². The van der Waals surface area contributed by atoms with Crippen molar-refractivity contribution in [1.82, 2.24) is 0 Å². The van der Waals surface area contributed by atoms with E-state index in [1.54, 1.807) is 7.11 Å². The highest BCUT2D eigenvalue weighted by Gasteiger charge is 2.21. The molecule has 3 aromatic rings. The smallest absolute Gasteiger partial charge is 0.138 e. The summed E-state index contributed by atoms with van der Waals surface area (Å²) >= 11 is 3.48. The molecule has 3 aromatic carbocycles. The molecule has 0 amide bonds. The molecule has 0 radical (unpaired) electrons. The zero-order chi connectivity index (χ0) is 17.4. The van der Waals surface area contributed by atoms with E-state index in [0.29, 0.717) is 4.47 Å². The van der Waals surface area contributed by atoms with Crippen molar-refractivity contribution in [3.63, 3.8) is 0 Å². The molecule has 0 atom stereocenters. The molecule has 0 saturated carbocycles. The Kier molecular flexibility index (Phi) is 4.41. The average molecular weight is 386 g/mol. The fourth-order valence-electron chi connectivity index (χ4n) is 3.35. The van der Waals surface area contributed by atoms with Crippen LogP contribution < -0.4 is 10.1 Å². The number of anilines is 1. The Morgan fingerprint density at radius 2 is 1.79 bits per heavy atom. The van der Waals surface area contributed by atoms with Crippen LogP contribution in [0.5, 0.6) is 11.5 Å². The molecule has 0 saturated heterocycles. The average Bonchev–Trinajstić information content (AvgIpc) is 2.57. The van der Waals surface area contributed by atoms with Crippen molar-refractivity contribution < 1.29 is 9.84 Å². The molecule has 0 aliphatic carbocycles. The third-order valence-corrected chi connectivity index (χ3v) is 5.01. The second kappa shape index (κ2) is 6.36. The van der Waals surface area contributed by atoms with Crippen LogP contribution in [0.1, 0.15) is 11.1 Å². The van der Waals surface area contributed by atoms with E-state index >= 15 is 0 Å². The fourth-order valence-corrected chi connectivity index (χ4v) is 3.80. The van der Waals surface area contributed by atoms with Crippen LogP contribution in [0.15, 0.2) is 40.9 Å². The first kappa shape index (κ1) is 16.7. The number of halogens is 1. The number of aryl methyl sites for hydroxylation is 1. The highest BCUT2D eigenvalue weighted by Crippen LogP contribution is 2.47. The van der Waals surface area contributed by atoms with E-state index in [1.165, 1.54) is 0 Å². The molecule has 0 bridgehead atoms. The van der Waals surface area contributed by atoms with Gasteiger partial charge in [0, 0.05) is 29.4 Å². The van der Waals surface area contributed by atoms with Crippen molar-refractivity contribution in [2.45, 2.75) is 13.8 Å². The molecule has 3 rings (SSSR count). The van der Waals surface area contributed by atoms with E-state index < -0.39 is 0 Å². The Hall–Kier alpha value is -2.20. The van der Waals surface area contributed by atoms with Crippen molar-refractivity contribution >= 4 is 32.4 Å². The molecule has 4 heteroatoms. The quantitative estimate of drug-likeness (QED) is 0.612. The Bertz CT molecular complexity index is 935. The molecule has 3 nitrogen and oxygen atoms in total. The Morgan fingerprint density at radius 3 is 2.46 bits per heavy atom. The van der Waals surface area contributed by atoms with Crippen molar-refractivity contribution in [3.8, 4) is 22.6 Å². The molecule has 0 unspecified atom stereocenters. The summed E-state index contributed by atoms with van der Waals surface area (Å²) in [6, 6.07) is 12.0. The lowest BCUT2D eigenvalue weighted by atomic mass is 9.91. The van der Waals surface area contributed by atoms with Gasteiger partial charge < -0.3 is 15.2 Å². The van der Waals surface area contributed by atoms with Crippen molar-refractivity contribution in [3.05, 3.63) is 52.0 Å². The first-order valence-corrected chi connectivity index (χ1v) is 8.55. The monoisotopic (exact) mass is 385 g/mol. The summed E-state index contributed by atoms with van der Waals surface area (Å²) in [7, 11) is 3.57. The van der Waals surface area contributed by atoms with Crippen LogP contribution >= 0.6 is 15.9 Å². The second-order valence-corrected chi connectivity index (χ2v) is 6.68. The van der Waals surface area contributed by atoms with Gasteiger partial charge in [-0.1, -0.05) is 24.3 Å². The van der Waals surface area contributed by atoms with E-state index in [2.05, 4.69) is 27.3 Å². The predicted octanol–water partition coefficient (Wildman–Crippen LogP) is 5.64. The number of phenols is 1. The molecule has 124 valence electrons. The number of hydrogen-bond acceptors (Lipinski definition) is 3. The lowest BCUT2D eigenvalue weighted by molar-refractivity contribution is 0.409. The van der Waals surface area contributed by atoms with E-state index in [4.69, 9.17) is 4.74 Å². The van der Waals surface area contributed by atoms with Crippen molar-refractivity contribution in [2.75, 3.05) is 19.5 Å². The third-order valence-electron chi connectivity index (χ3n) is 4.40. The lowest BCUT2D eigenvalue weighted by Gasteiger charge is -2.20. The molecule has 0 spiro atoms. The van der Waals surface area contributed by atoms with Gasteiger partial charge in [-0.25, -0.2) is 0 Å². The number of phenolic OH excluding ortho intramolecular Hbond substituents is 1. The van der Waals surface area contributed by atoms with Gasteiger partial charge in [0.1, 0.15) is 11.5 Å². The van der Waals surface area contributed by atoms with Gasteiger partial charge >= 0.3 is 0 Å². The van der Waals surface area contributed by atoms with Crippen LogP contribution in [0.4, 0.5) is 5.69 Å². The SMILES string of the molecule is CNc1cc(C)c(OC)c(C)c1-c1c(O)c(Br)cc2ccccc12. The maximum absolute atomic E-state index is 10.8. The summed E-state index contributed by atoms with van der Waals surface area (Å²) in [4.78, 5) is 0. The number of ether oxygens (including phenoxy) is 1. The number of benzene rings is 3. The van der Waals surface area contributed by atoms with Crippen LogP contribution in [0.3, 0.4) is 0 Å². The van der Waals surface area contributed by atoms with E-state index in [9.17, 15) is 5.11 Å². The minimum Gasteiger partial charge on any atom is -0.506 e. The maximum Gasteiger partial charge on any atom is 0.138 e. The molecule has 0 heterocycles. The second-order valence-electron chi connectivity index (χ2n) is 5.83. The summed E-state index contributed by atoms with van der Waals surface area (Å²) < 4.78 is 6.28. The summed E-state index contributed by atoms with van der Waals surface area (Å²) in [5.41, 5.74) is 4.78. The Labute approximate surface area is 150 Å². The number of rotatable bonds is 3. The fraction of sp³-hybridized carbons (Fsp3) is 0.200. The van der Waals surface area contributed by atoms with Gasteiger partial charge in [0.25, 0.3) is 0 Å². The van der Waals surface area contributed by atoms with Crippen LogP contribution in [0.2, 0.25) is 0 Å². The topological polar surface area (TPSA) is 41.5 Å². The molecule has 0 aliphatic heterocycles. The van der Waals surface area contributed by atoms with E-state index in [0.717, 1.165) is 44.5 Å². The number of hydrogen-bond donors (Lipinski definition) is 2. The van der Waals surface area contributed by atoms with Crippen LogP contribution in [0, 0.1) is 13.8 Å². The third kappa shape index (κ3) is 2.51. The minimum atomic E-state index is 0.235. The first-order chi connectivity index (χ1) is 11.5. The van der Waals surface area contributed by atoms with Gasteiger partial charge in [-0.15, -0.1) is 0 Å². The van der Waals surface area contributed by atoms with Crippen molar-refractivity contribution in [1.29, 1.82) is 0 Å². The van der Waals surface area contributed by atoms with E-state index in [-0.39, 0.29) is 5.75 Å².